The highest BCUT2D eigenvalue weighted by atomic mass is 32.1. The highest BCUT2D eigenvalue weighted by Crippen LogP contribution is 2.32. The largest absolute Gasteiger partial charge is 0.369 e. The lowest BCUT2D eigenvalue weighted by Gasteiger charge is -2.08. The van der Waals surface area contributed by atoms with Crippen LogP contribution in [0.15, 0.2) is 23.1 Å². The number of unbranched alkanes of at least 4 members (excludes halogenated alkanes) is 4. The van der Waals surface area contributed by atoms with Crippen LogP contribution in [0.4, 0.5) is 5.95 Å². The van der Waals surface area contributed by atoms with Crippen LogP contribution in [-0.4, -0.2) is 48.0 Å². The van der Waals surface area contributed by atoms with Crippen LogP contribution in [0.5, 0.6) is 0 Å². The van der Waals surface area contributed by atoms with Gasteiger partial charge in [0.2, 0.25) is 5.95 Å². The molecule has 0 aliphatic rings. The van der Waals surface area contributed by atoms with Gasteiger partial charge in [-0.2, -0.15) is 10.2 Å². The van der Waals surface area contributed by atoms with E-state index >= 15 is 0 Å². The number of thiophene rings is 1. The lowest BCUT2D eigenvalue weighted by molar-refractivity contribution is 0.0957. The van der Waals surface area contributed by atoms with E-state index in [1.165, 1.54) is 11.3 Å². The van der Waals surface area contributed by atoms with Crippen LogP contribution >= 0.6 is 11.3 Å². The summed E-state index contributed by atoms with van der Waals surface area (Å²) < 4.78 is 0. The number of rotatable bonds is 11. The molecule has 0 saturated carbocycles. The number of H-pyrrole nitrogens is 3. The van der Waals surface area contributed by atoms with Crippen molar-refractivity contribution in [2.75, 3.05) is 12.3 Å². The van der Waals surface area contributed by atoms with Crippen LogP contribution in [-0.2, 0) is 6.42 Å². The van der Waals surface area contributed by atoms with Gasteiger partial charge in [-0.15, -0.1) is 21.5 Å². The molecule has 0 fully saturated rings. The predicted octanol–water partition coefficient (Wildman–Crippen LogP) is 2.48. The molecule has 0 aliphatic carbocycles. The Balaban J connectivity index is 1.23. The molecule has 1 amide bonds. The van der Waals surface area contributed by atoms with Crippen molar-refractivity contribution in [3.63, 3.8) is 0 Å². The first kappa shape index (κ1) is 22.6. The zero-order chi connectivity index (χ0) is 23.2. The van der Waals surface area contributed by atoms with E-state index in [1.807, 2.05) is 19.1 Å². The minimum absolute atomic E-state index is 0.0655. The van der Waals surface area contributed by atoms with Crippen LogP contribution in [0.2, 0.25) is 0 Å². The first-order valence-electron chi connectivity index (χ1n) is 11.0. The van der Waals surface area contributed by atoms with Crippen molar-refractivity contribution in [2.45, 2.75) is 51.4 Å². The molecule has 1 atom stereocenters. The Bertz CT molecular complexity index is 1260. The third-order valence-electron chi connectivity index (χ3n) is 5.59. The van der Waals surface area contributed by atoms with Crippen molar-refractivity contribution in [1.82, 2.24) is 40.9 Å². The number of carbonyl (C=O) groups is 1. The number of nitrogens with zero attached hydrogens (tertiary/aromatic N) is 4. The highest BCUT2D eigenvalue weighted by molar-refractivity contribution is 7.14. The van der Waals surface area contributed by atoms with E-state index < -0.39 is 0 Å². The van der Waals surface area contributed by atoms with Gasteiger partial charge in [0.25, 0.3) is 11.5 Å². The summed E-state index contributed by atoms with van der Waals surface area (Å²) in [6.07, 6.45) is 7.87. The first-order valence-corrected chi connectivity index (χ1v) is 11.8. The molecule has 0 spiro atoms. The molecule has 6 N–H and O–H groups in total. The summed E-state index contributed by atoms with van der Waals surface area (Å²) >= 11 is 1.44. The number of nitrogen functional groups attached to an aromatic ring is 1. The standard InChI is InChI=1S/C21H27N9O2S/c1-12(13-11-24-18-17(13)20(32)26-21(22)25-18)14-8-9-15(33-14)19(31)23-10-6-4-2-3-5-7-16-27-29-30-28-16/h8-9,11-12H,2-7,10H2,1H3,(H,23,31)(H,27,28,29,30)(H4,22,24,25,26,32). The van der Waals surface area contributed by atoms with Crippen LogP contribution in [0, 0.1) is 0 Å². The van der Waals surface area contributed by atoms with Crippen LogP contribution < -0.4 is 16.6 Å². The number of tetrazole rings is 1. The fourth-order valence-corrected chi connectivity index (χ4v) is 4.79. The molecule has 0 aliphatic heterocycles. The molecule has 4 aromatic rings. The average Bonchev–Trinajstić information content (AvgIpc) is 3.55. The number of anilines is 1. The number of hydrogen-bond acceptors (Lipinski definition) is 8. The van der Waals surface area contributed by atoms with E-state index in [2.05, 4.69) is 40.9 Å². The van der Waals surface area contributed by atoms with Gasteiger partial charge in [0.05, 0.1) is 10.3 Å². The Labute approximate surface area is 193 Å². The normalized spacial score (nSPS) is 12.3. The van der Waals surface area contributed by atoms with E-state index in [-0.39, 0.29) is 23.3 Å². The molecule has 33 heavy (non-hydrogen) atoms. The third kappa shape index (κ3) is 5.45. The van der Waals surface area contributed by atoms with Crippen LogP contribution in [0.25, 0.3) is 11.0 Å². The number of nitrogens with two attached hydrogens (primary N) is 1. The average molecular weight is 470 g/mol. The number of nitrogens with one attached hydrogen (secondary N) is 4. The van der Waals surface area contributed by atoms with Gasteiger partial charge in [0.15, 0.2) is 5.82 Å². The number of amides is 1. The maximum Gasteiger partial charge on any atom is 0.262 e. The minimum atomic E-state index is -0.273. The summed E-state index contributed by atoms with van der Waals surface area (Å²) in [7, 11) is 0. The molecule has 4 aromatic heterocycles. The molecular formula is C21H27N9O2S. The Morgan fingerprint density at radius 1 is 1.21 bits per heavy atom. The van der Waals surface area contributed by atoms with Gasteiger partial charge in [-0.25, -0.2) is 0 Å². The smallest absolute Gasteiger partial charge is 0.262 e. The van der Waals surface area contributed by atoms with Crippen molar-refractivity contribution in [2.24, 2.45) is 0 Å². The van der Waals surface area contributed by atoms with E-state index in [9.17, 15) is 9.59 Å². The maximum atomic E-state index is 12.5. The van der Waals surface area contributed by atoms with Crippen molar-refractivity contribution in [3.8, 4) is 0 Å². The Kier molecular flexibility index (Phi) is 7.13. The molecule has 11 nitrogen and oxygen atoms in total. The SMILES string of the molecule is CC(c1ccc(C(=O)NCCCCCCCc2nn[nH]n2)s1)c1c[nH]c2nc(N)[nH]c(=O)c12. The molecule has 4 rings (SSSR count). The quantitative estimate of drug-likeness (QED) is 0.210. The molecule has 0 saturated heterocycles. The van der Waals surface area contributed by atoms with E-state index in [4.69, 9.17) is 5.73 Å². The molecule has 174 valence electrons. The fraction of sp³-hybridized carbons (Fsp3) is 0.429. The molecule has 0 radical (unpaired) electrons. The van der Waals surface area contributed by atoms with Gasteiger partial charge in [-0.05, 0) is 30.5 Å². The number of fused-ring (bicyclic) bond motifs is 1. The monoisotopic (exact) mass is 469 g/mol. The van der Waals surface area contributed by atoms with E-state index in [0.717, 1.165) is 54.8 Å². The summed E-state index contributed by atoms with van der Waals surface area (Å²) in [5.74, 6) is 0.697. The Morgan fingerprint density at radius 2 is 2.03 bits per heavy atom. The van der Waals surface area contributed by atoms with Crippen LogP contribution in [0.1, 0.15) is 70.9 Å². The lowest BCUT2D eigenvalue weighted by atomic mass is 10.0. The van der Waals surface area contributed by atoms with Crippen molar-refractivity contribution in [1.29, 1.82) is 0 Å². The van der Waals surface area contributed by atoms with E-state index in [1.54, 1.807) is 6.20 Å². The predicted molar refractivity (Wildman–Crippen MR) is 126 cm³/mol. The maximum absolute atomic E-state index is 12.5. The van der Waals surface area contributed by atoms with E-state index in [0.29, 0.717) is 22.5 Å². The van der Waals surface area contributed by atoms with Crippen molar-refractivity contribution in [3.05, 3.63) is 49.8 Å². The number of hydrogen-bond donors (Lipinski definition) is 5. The zero-order valence-corrected chi connectivity index (χ0v) is 19.2. The second kappa shape index (κ2) is 10.4. The summed E-state index contributed by atoms with van der Waals surface area (Å²) in [5.41, 5.74) is 6.63. The lowest BCUT2D eigenvalue weighted by Crippen LogP contribution is -2.23. The molecule has 0 bridgehead atoms. The topological polar surface area (TPSA) is 171 Å². The second-order valence-corrected chi connectivity index (χ2v) is 9.06. The fourth-order valence-electron chi connectivity index (χ4n) is 3.80. The summed E-state index contributed by atoms with van der Waals surface area (Å²) in [5, 5.41) is 17.4. The van der Waals surface area contributed by atoms with Crippen molar-refractivity contribution < 1.29 is 4.79 Å². The number of aromatic amines is 3. The molecule has 12 heteroatoms. The summed E-state index contributed by atoms with van der Waals surface area (Å²) in [6, 6.07) is 3.77. The molecule has 4 heterocycles. The van der Waals surface area contributed by atoms with Crippen molar-refractivity contribution >= 4 is 34.2 Å². The number of aryl methyl sites for hydroxylation is 1. The Hall–Kier alpha value is -3.54. The van der Waals surface area contributed by atoms with Gasteiger partial charge < -0.3 is 16.0 Å². The van der Waals surface area contributed by atoms with Gasteiger partial charge in [-0.1, -0.05) is 31.4 Å². The highest BCUT2D eigenvalue weighted by Gasteiger charge is 2.20. The molecule has 1 unspecified atom stereocenters. The van der Waals surface area contributed by atoms with Gasteiger partial charge in [-0.3, -0.25) is 14.6 Å². The summed E-state index contributed by atoms with van der Waals surface area (Å²) in [4.78, 5) is 36.2. The Morgan fingerprint density at radius 3 is 2.85 bits per heavy atom. The first-order chi connectivity index (χ1) is 16.0. The number of carbonyl (C=O) groups excluding carboxylic acids is 1. The minimum Gasteiger partial charge on any atom is -0.369 e. The van der Waals surface area contributed by atoms with Gasteiger partial charge in [0, 0.05) is 30.0 Å². The van der Waals surface area contributed by atoms with Crippen LogP contribution in [0.3, 0.4) is 0 Å². The van der Waals surface area contributed by atoms with Gasteiger partial charge in [0.1, 0.15) is 5.65 Å². The second-order valence-electron chi connectivity index (χ2n) is 7.94. The van der Waals surface area contributed by atoms with Gasteiger partial charge >= 0.3 is 0 Å². The summed E-state index contributed by atoms with van der Waals surface area (Å²) in [6.45, 7) is 2.65. The molecule has 0 aromatic carbocycles. The molecular weight excluding hydrogens is 442 g/mol. The number of aromatic nitrogens is 7. The third-order valence-corrected chi connectivity index (χ3v) is 6.85. The zero-order valence-electron chi connectivity index (χ0n) is 18.4.